The van der Waals surface area contributed by atoms with Crippen LogP contribution in [0.5, 0.6) is 5.75 Å². The molecule has 0 spiro atoms. The average molecular weight is 319 g/mol. The molecule has 0 aliphatic heterocycles. The van der Waals surface area contributed by atoms with Crippen molar-refractivity contribution in [3.63, 3.8) is 0 Å². The van der Waals surface area contributed by atoms with Crippen molar-refractivity contribution in [1.29, 1.82) is 0 Å². The van der Waals surface area contributed by atoms with Crippen LogP contribution in [0.25, 0.3) is 0 Å². The number of halogens is 6. The van der Waals surface area contributed by atoms with Crippen molar-refractivity contribution in [2.75, 3.05) is 6.61 Å². The van der Waals surface area contributed by atoms with Crippen LogP contribution in [-0.4, -0.2) is 18.7 Å². The van der Waals surface area contributed by atoms with E-state index in [9.17, 15) is 22.0 Å². The Balaban J connectivity index is 2.61. The molecule has 0 aliphatic carbocycles. The second kappa shape index (κ2) is 5.20. The molecule has 1 aromatic carbocycles. The van der Waals surface area contributed by atoms with E-state index in [2.05, 4.69) is 20.7 Å². The summed E-state index contributed by atoms with van der Waals surface area (Å²) in [5, 5.41) is 0.561. The van der Waals surface area contributed by atoms with E-state index in [4.69, 9.17) is 0 Å². The van der Waals surface area contributed by atoms with Crippen molar-refractivity contribution in [3.05, 3.63) is 29.8 Å². The van der Waals surface area contributed by atoms with Gasteiger partial charge in [-0.2, -0.15) is 22.0 Å². The van der Waals surface area contributed by atoms with Crippen molar-refractivity contribution < 1.29 is 26.7 Å². The highest BCUT2D eigenvalue weighted by Crippen LogP contribution is 2.35. The molecular weight excluding hydrogens is 311 g/mol. The van der Waals surface area contributed by atoms with E-state index in [1.54, 1.807) is 12.1 Å². The second-order valence-corrected chi connectivity index (χ2v) is 3.83. The van der Waals surface area contributed by atoms with Gasteiger partial charge in [0.25, 0.3) is 0 Å². The fourth-order valence-corrected chi connectivity index (χ4v) is 1.30. The summed E-state index contributed by atoms with van der Waals surface area (Å²) < 4.78 is 64.9. The molecule has 0 atom stereocenters. The third-order valence-electron chi connectivity index (χ3n) is 1.91. The van der Waals surface area contributed by atoms with Gasteiger partial charge < -0.3 is 4.74 Å². The summed E-state index contributed by atoms with van der Waals surface area (Å²) >= 11 is 3.17. The zero-order chi connectivity index (χ0) is 13.1. The van der Waals surface area contributed by atoms with Crippen LogP contribution in [0.3, 0.4) is 0 Å². The lowest BCUT2D eigenvalue weighted by molar-refractivity contribution is -0.290. The van der Waals surface area contributed by atoms with Gasteiger partial charge in [-0.15, -0.1) is 0 Å². The summed E-state index contributed by atoms with van der Waals surface area (Å²) in [4.78, 5) is 0. The Hall–Kier alpha value is -0.850. The average Bonchev–Trinajstić information content (AvgIpc) is 2.25. The smallest absolute Gasteiger partial charge is 0.456 e. The van der Waals surface area contributed by atoms with E-state index in [-0.39, 0.29) is 5.75 Å². The molecule has 1 nitrogen and oxygen atoms in total. The van der Waals surface area contributed by atoms with Gasteiger partial charge in [0.2, 0.25) is 0 Å². The number of benzene rings is 1. The Kier molecular flexibility index (Phi) is 4.35. The minimum atomic E-state index is -5.59. The van der Waals surface area contributed by atoms with E-state index in [0.29, 0.717) is 5.33 Å². The standard InChI is InChI=1S/C10H8BrF5O/c11-5-7-1-3-8(4-2-7)17-6-9(12,13)10(14,15)16/h1-4H,5-6H2. The Bertz CT molecular complexity index is 360. The summed E-state index contributed by atoms with van der Waals surface area (Å²) in [7, 11) is 0. The predicted molar refractivity (Wildman–Crippen MR) is 55.6 cm³/mol. The summed E-state index contributed by atoms with van der Waals surface area (Å²) in [5.74, 6) is -4.88. The van der Waals surface area contributed by atoms with Crippen molar-refractivity contribution in [1.82, 2.24) is 0 Å². The largest absolute Gasteiger partial charge is 0.487 e. The predicted octanol–water partition coefficient (Wildman–Crippen LogP) is 4.16. The molecule has 0 saturated heterocycles. The number of ether oxygens (including phenoxy) is 1. The fraction of sp³-hybridized carbons (Fsp3) is 0.400. The van der Waals surface area contributed by atoms with Gasteiger partial charge in [0.05, 0.1) is 0 Å². The summed E-state index contributed by atoms with van der Waals surface area (Å²) in [6, 6.07) is 5.80. The number of hydrogen-bond donors (Lipinski definition) is 0. The zero-order valence-electron chi connectivity index (χ0n) is 8.40. The van der Waals surface area contributed by atoms with Crippen LogP contribution in [-0.2, 0) is 5.33 Å². The Labute approximate surface area is 103 Å². The molecule has 1 rings (SSSR count). The first-order valence-electron chi connectivity index (χ1n) is 4.48. The maximum absolute atomic E-state index is 12.5. The SMILES string of the molecule is FC(F)(F)C(F)(F)COc1ccc(CBr)cc1. The van der Waals surface area contributed by atoms with Gasteiger partial charge in [-0.05, 0) is 17.7 Å². The minimum Gasteiger partial charge on any atom is -0.487 e. The highest BCUT2D eigenvalue weighted by molar-refractivity contribution is 9.08. The molecule has 17 heavy (non-hydrogen) atoms. The third kappa shape index (κ3) is 3.83. The van der Waals surface area contributed by atoms with E-state index in [0.717, 1.165) is 5.56 Å². The number of alkyl halides is 6. The van der Waals surface area contributed by atoms with Crippen LogP contribution in [0.2, 0.25) is 0 Å². The lowest BCUT2D eigenvalue weighted by Crippen LogP contribution is -2.41. The maximum Gasteiger partial charge on any atom is 0.456 e. The van der Waals surface area contributed by atoms with E-state index < -0.39 is 18.7 Å². The van der Waals surface area contributed by atoms with Crippen molar-refractivity contribution in [3.8, 4) is 5.75 Å². The van der Waals surface area contributed by atoms with Gasteiger partial charge in [-0.1, -0.05) is 28.1 Å². The Morgan fingerprint density at radius 1 is 1.00 bits per heavy atom. The molecular formula is C10H8BrF5O. The highest BCUT2D eigenvalue weighted by Gasteiger charge is 2.58. The maximum atomic E-state index is 12.5. The lowest BCUT2D eigenvalue weighted by Gasteiger charge is -2.19. The van der Waals surface area contributed by atoms with Gasteiger partial charge >= 0.3 is 12.1 Å². The third-order valence-corrected chi connectivity index (χ3v) is 2.56. The van der Waals surface area contributed by atoms with E-state index >= 15 is 0 Å². The molecule has 96 valence electrons. The summed E-state index contributed by atoms with van der Waals surface area (Å²) in [5.41, 5.74) is 0.861. The van der Waals surface area contributed by atoms with Crippen LogP contribution in [0.4, 0.5) is 22.0 Å². The first kappa shape index (κ1) is 14.2. The Morgan fingerprint density at radius 3 is 1.94 bits per heavy atom. The second-order valence-electron chi connectivity index (χ2n) is 3.27. The number of hydrogen-bond acceptors (Lipinski definition) is 1. The van der Waals surface area contributed by atoms with Crippen LogP contribution in [0, 0.1) is 0 Å². The topological polar surface area (TPSA) is 9.23 Å². The van der Waals surface area contributed by atoms with Crippen molar-refractivity contribution in [2.45, 2.75) is 17.4 Å². The first-order valence-corrected chi connectivity index (χ1v) is 5.60. The first-order chi connectivity index (χ1) is 7.76. The molecule has 0 fully saturated rings. The van der Waals surface area contributed by atoms with E-state index in [1.807, 2.05) is 0 Å². The molecule has 7 heteroatoms. The number of rotatable bonds is 4. The van der Waals surface area contributed by atoms with Crippen LogP contribution < -0.4 is 4.74 Å². The fourth-order valence-electron chi connectivity index (χ4n) is 0.931. The van der Waals surface area contributed by atoms with Crippen LogP contribution >= 0.6 is 15.9 Å². The van der Waals surface area contributed by atoms with Gasteiger partial charge in [-0.25, -0.2) is 0 Å². The van der Waals surface area contributed by atoms with Gasteiger partial charge in [0, 0.05) is 5.33 Å². The van der Waals surface area contributed by atoms with Gasteiger partial charge in [0.15, 0.2) is 6.61 Å². The molecule has 0 saturated carbocycles. The normalized spacial score (nSPS) is 12.6. The molecule has 0 unspecified atom stereocenters. The molecule has 1 aromatic rings. The highest BCUT2D eigenvalue weighted by atomic mass is 79.9. The quantitative estimate of drug-likeness (QED) is 0.598. The molecule has 0 heterocycles. The molecule has 0 aromatic heterocycles. The van der Waals surface area contributed by atoms with Gasteiger partial charge in [0.1, 0.15) is 5.75 Å². The summed E-state index contributed by atoms with van der Waals surface area (Å²) in [6.07, 6.45) is -5.59. The molecule has 0 aliphatic rings. The molecule has 0 radical (unpaired) electrons. The van der Waals surface area contributed by atoms with E-state index in [1.165, 1.54) is 12.1 Å². The van der Waals surface area contributed by atoms with Crippen molar-refractivity contribution >= 4 is 15.9 Å². The van der Waals surface area contributed by atoms with Crippen LogP contribution in [0.1, 0.15) is 5.56 Å². The molecule has 0 bridgehead atoms. The van der Waals surface area contributed by atoms with Crippen molar-refractivity contribution in [2.24, 2.45) is 0 Å². The Morgan fingerprint density at radius 2 is 1.53 bits per heavy atom. The molecule has 0 amide bonds. The summed E-state index contributed by atoms with van der Waals surface area (Å²) in [6.45, 7) is -1.72. The molecule has 0 N–H and O–H groups in total. The lowest BCUT2D eigenvalue weighted by atomic mass is 10.2. The van der Waals surface area contributed by atoms with Gasteiger partial charge in [-0.3, -0.25) is 0 Å². The monoisotopic (exact) mass is 318 g/mol. The minimum absolute atomic E-state index is 0.0291. The zero-order valence-corrected chi connectivity index (χ0v) is 9.99. The van der Waals surface area contributed by atoms with Crippen LogP contribution in [0.15, 0.2) is 24.3 Å².